The van der Waals surface area contributed by atoms with Gasteiger partial charge in [0.1, 0.15) is 0 Å². The Hall–Kier alpha value is -2.83. The van der Waals surface area contributed by atoms with Crippen molar-refractivity contribution in [2.45, 2.75) is 32.7 Å². The lowest BCUT2D eigenvalue weighted by Gasteiger charge is -2.29. The minimum atomic E-state index is 0.148. The molecule has 7 heteroatoms. The van der Waals surface area contributed by atoms with E-state index in [-0.39, 0.29) is 5.91 Å². The molecule has 0 saturated carbocycles. The van der Waals surface area contributed by atoms with Crippen molar-refractivity contribution in [1.29, 1.82) is 0 Å². The van der Waals surface area contributed by atoms with Gasteiger partial charge in [-0.25, -0.2) is 4.98 Å². The number of aromatic nitrogens is 5. The van der Waals surface area contributed by atoms with Crippen LogP contribution in [0.2, 0.25) is 0 Å². The Morgan fingerprint density at radius 3 is 2.96 bits per heavy atom. The molecule has 0 spiro atoms. The van der Waals surface area contributed by atoms with E-state index in [1.54, 1.807) is 12.4 Å². The maximum absolute atomic E-state index is 12.5. The van der Waals surface area contributed by atoms with Crippen molar-refractivity contribution in [1.82, 2.24) is 30.0 Å². The van der Waals surface area contributed by atoms with Crippen LogP contribution in [0.4, 0.5) is 0 Å². The van der Waals surface area contributed by atoms with E-state index < -0.39 is 0 Å². The van der Waals surface area contributed by atoms with Gasteiger partial charge in [-0.15, -0.1) is 0 Å². The zero-order valence-corrected chi connectivity index (χ0v) is 13.5. The third-order valence-corrected chi connectivity index (χ3v) is 4.46. The average Bonchev–Trinajstić information content (AvgIpc) is 3.09. The summed E-state index contributed by atoms with van der Waals surface area (Å²) in [5.41, 5.74) is 4.91. The largest absolute Gasteiger partial charge is 0.338 e. The summed E-state index contributed by atoms with van der Waals surface area (Å²) >= 11 is 0. The monoisotopic (exact) mass is 322 g/mol. The number of carbonyl (C=O) groups is 1. The molecule has 0 fully saturated rings. The van der Waals surface area contributed by atoms with Gasteiger partial charge >= 0.3 is 0 Å². The van der Waals surface area contributed by atoms with Gasteiger partial charge in [0.15, 0.2) is 5.65 Å². The number of aromatic amines is 1. The molecule has 0 atom stereocenters. The molecule has 4 heterocycles. The highest BCUT2D eigenvalue weighted by Gasteiger charge is 2.22. The number of hydrogen-bond donors (Lipinski definition) is 1. The predicted molar refractivity (Wildman–Crippen MR) is 88.1 cm³/mol. The van der Waals surface area contributed by atoms with Gasteiger partial charge in [-0.3, -0.25) is 19.9 Å². The molecule has 1 aliphatic rings. The first-order chi connectivity index (χ1) is 11.7. The molecule has 1 aliphatic heterocycles. The van der Waals surface area contributed by atoms with E-state index in [2.05, 4.69) is 25.1 Å². The molecule has 0 unspecified atom stereocenters. The van der Waals surface area contributed by atoms with E-state index in [4.69, 9.17) is 0 Å². The number of hydrogen-bond acceptors (Lipinski definition) is 5. The number of aryl methyl sites for hydroxylation is 2. The summed E-state index contributed by atoms with van der Waals surface area (Å²) in [6.07, 6.45) is 9.05. The minimum Gasteiger partial charge on any atom is -0.338 e. The third kappa shape index (κ3) is 2.73. The number of nitrogens with one attached hydrogen (secondary N) is 1. The second-order valence-electron chi connectivity index (χ2n) is 6.11. The van der Waals surface area contributed by atoms with Gasteiger partial charge < -0.3 is 4.90 Å². The van der Waals surface area contributed by atoms with Gasteiger partial charge in [0.05, 0.1) is 17.6 Å². The van der Waals surface area contributed by atoms with E-state index in [1.165, 1.54) is 5.56 Å². The molecule has 0 saturated heterocycles. The Balaban J connectivity index is 1.44. The molecule has 4 rings (SSSR count). The summed E-state index contributed by atoms with van der Waals surface area (Å²) in [5.74, 6) is 0.148. The molecule has 122 valence electrons. The summed E-state index contributed by atoms with van der Waals surface area (Å²) in [5, 5.41) is 8.01. The molecule has 1 N–H and O–H groups in total. The Kier molecular flexibility index (Phi) is 3.68. The normalized spacial score (nSPS) is 14.0. The Morgan fingerprint density at radius 2 is 2.12 bits per heavy atom. The molecule has 0 aliphatic carbocycles. The van der Waals surface area contributed by atoms with Crippen LogP contribution in [0.5, 0.6) is 0 Å². The predicted octanol–water partition coefficient (Wildman–Crippen LogP) is 1.57. The second kappa shape index (κ2) is 5.99. The fourth-order valence-electron chi connectivity index (χ4n) is 3.11. The van der Waals surface area contributed by atoms with E-state index >= 15 is 0 Å². The Morgan fingerprint density at radius 1 is 1.21 bits per heavy atom. The zero-order valence-electron chi connectivity index (χ0n) is 13.5. The quantitative estimate of drug-likeness (QED) is 0.791. The number of H-pyrrole nitrogens is 1. The molecule has 7 nitrogen and oxygen atoms in total. The summed E-state index contributed by atoms with van der Waals surface area (Å²) in [6.45, 7) is 3.25. The standard InChI is InChI=1S/C17H18N6O/c1-11-6-19-13(8-18-11)2-3-16(24)23-5-4-14-12(10-23)7-20-17-15(14)9-21-22-17/h6-9H,2-5,10H2,1H3,(H,20,21,22). The molecule has 3 aromatic heterocycles. The molecule has 0 aromatic carbocycles. The van der Waals surface area contributed by atoms with Crippen molar-refractivity contribution in [2.75, 3.05) is 6.54 Å². The van der Waals surface area contributed by atoms with Crippen LogP contribution >= 0.6 is 0 Å². The Bertz CT molecular complexity index is 886. The van der Waals surface area contributed by atoms with E-state index in [1.807, 2.05) is 24.2 Å². The molecular formula is C17H18N6O. The van der Waals surface area contributed by atoms with Crippen LogP contribution in [0.3, 0.4) is 0 Å². The van der Waals surface area contributed by atoms with Crippen LogP contribution < -0.4 is 0 Å². The van der Waals surface area contributed by atoms with Crippen LogP contribution in [0.1, 0.15) is 28.9 Å². The number of rotatable bonds is 3. The summed E-state index contributed by atoms with van der Waals surface area (Å²) in [4.78, 5) is 27.3. The van der Waals surface area contributed by atoms with Gasteiger partial charge in [-0.2, -0.15) is 5.10 Å². The first-order valence-electron chi connectivity index (χ1n) is 8.06. The van der Waals surface area contributed by atoms with Crippen molar-refractivity contribution < 1.29 is 4.79 Å². The number of fused-ring (bicyclic) bond motifs is 3. The average molecular weight is 322 g/mol. The SMILES string of the molecule is Cc1cnc(CCC(=O)N2CCc3c(cnc4[nH]ncc34)C2)cn1. The third-order valence-electron chi connectivity index (χ3n) is 4.46. The number of amides is 1. The van der Waals surface area contributed by atoms with Crippen molar-refractivity contribution in [2.24, 2.45) is 0 Å². The summed E-state index contributed by atoms with van der Waals surface area (Å²) in [7, 11) is 0. The van der Waals surface area contributed by atoms with Gasteiger partial charge in [0.25, 0.3) is 0 Å². The minimum absolute atomic E-state index is 0.148. The molecular weight excluding hydrogens is 304 g/mol. The topological polar surface area (TPSA) is 87.7 Å². The Labute approximate surface area is 139 Å². The smallest absolute Gasteiger partial charge is 0.223 e. The first-order valence-corrected chi connectivity index (χ1v) is 8.06. The number of pyridine rings is 1. The summed E-state index contributed by atoms with van der Waals surface area (Å²) in [6, 6.07) is 0. The molecule has 3 aromatic rings. The van der Waals surface area contributed by atoms with E-state index in [9.17, 15) is 4.79 Å². The maximum Gasteiger partial charge on any atom is 0.223 e. The van der Waals surface area contributed by atoms with Crippen LogP contribution in [-0.4, -0.2) is 42.5 Å². The van der Waals surface area contributed by atoms with E-state index in [0.717, 1.165) is 41.0 Å². The molecule has 1 amide bonds. The number of nitrogens with zero attached hydrogens (tertiary/aromatic N) is 5. The van der Waals surface area contributed by atoms with Crippen LogP contribution in [0, 0.1) is 6.92 Å². The zero-order chi connectivity index (χ0) is 16.5. The molecule has 0 bridgehead atoms. The fraction of sp³-hybridized carbons (Fsp3) is 0.353. The van der Waals surface area contributed by atoms with Crippen LogP contribution in [0.15, 0.2) is 24.8 Å². The second-order valence-corrected chi connectivity index (χ2v) is 6.11. The molecule has 0 radical (unpaired) electrons. The van der Waals surface area contributed by atoms with Crippen molar-refractivity contribution in [3.8, 4) is 0 Å². The van der Waals surface area contributed by atoms with Crippen molar-refractivity contribution in [3.63, 3.8) is 0 Å². The van der Waals surface area contributed by atoms with Gasteiger partial charge in [0.2, 0.25) is 5.91 Å². The highest BCUT2D eigenvalue weighted by molar-refractivity contribution is 5.81. The van der Waals surface area contributed by atoms with Crippen LogP contribution in [-0.2, 0) is 24.2 Å². The van der Waals surface area contributed by atoms with Crippen molar-refractivity contribution in [3.05, 3.63) is 47.3 Å². The molecule has 24 heavy (non-hydrogen) atoms. The van der Waals surface area contributed by atoms with Crippen LogP contribution in [0.25, 0.3) is 11.0 Å². The lowest BCUT2D eigenvalue weighted by molar-refractivity contribution is -0.132. The van der Waals surface area contributed by atoms with Gasteiger partial charge in [0, 0.05) is 43.5 Å². The fourth-order valence-corrected chi connectivity index (χ4v) is 3.11. The summed E-state index contributed by atoms with van der Waals surface area (Å²) < 4.78 is 0. The first kappa shape index (κ1) is 14.7. The lowest BCUT2D eigenvalue weighted by atomic mass is 9.99. The maximum atomic E-state index is 12.5. The van der Waals surface area contributed by atoms with Crippen molar-refractivity contribution >= 4 is 16.9 Å². The number of carbonyl (C=O) groups excluding carboxylic acids is 1. The highest BCUT2D eigenvalue weighted by atomic mass is 16.2. The van der Waals surface area contributed by atoms with Gasteiger partial charge in [-0.05, 0) is 30.9 Å². The highest BCUT2D eigenvalue weighted by Crippen LogP contribution is 2.25. The van der Waals surface area contributed by atoms with Gasteiger partial charge in [-0.1, -0.05) is 0 Å². The van der Waals surface area contributed by atoms with E-state index in [0.29, 0.717) is 19.4 Å². The lowest BCUT2D eigenvalue weighted by Crippen LogP contribution is -2.36.